The highest BCUT2D eigenvalue weighted by atomic mass is 19.1. The Balaban J connectivity index is 1.17. The van der Waals surface area contributed by atoms with Crippen LogP contribution < -0.4 is 4.90 Å². The van der Waals surface area contributed by atoms with E-state index in [1.54, 1.807) is 6.07 Å². The summed E-state index contributed by atoms with van der Waals surface area (Å²) in [5.74, 6) is 1.17. The summed E-state index contributed by atoms with van der Waals surface area (Å²) in [5.41, 5.74) is 1.40. The molecule has 0 N–H and O–H groups in total. The molecule has 3 saturated heterocycles. The van der Waals surface area contributed by atoms with Gasteiger partial charge in [0.15, 0.2) is 0 Å². The molecule has 1 aliphatic carbocycles. The first-order valence-electron chi connectivity index (χ1n) is 12.7. The number of ether oxygens (including phenoxy) is 1. The van der Waals surface area contributed by atoms with Gasteiger partial charge in [-0.25, -0.2) is 14.2 Å². The maximum Gasteiger partial charge on any atom is 0.409 e. The zero-order chi connectivity index (χ0) is 23.0. The summed E-state index contributed by atoms with van der Waals surface area (Å²) < 4.78 is 19.3. The van der Waals surface area contributed by atoms with Crippen LogP contribution in [0.5, 0.6) is 0 Å². The third-order valence-corrected chi connectivity index (χ3v) is 8.41. The Kier molecular flexibility index (Phi) is 6.49. The standard InChI is InChI=1S/C25H38FN5O2/c1-3-33-24(32)31-17-25(18-31)7-4-21(15-25)29-10-12-30(13-11-29)23-22(14-20(26)16-27-23)19-5-8-28(2)9-6-19/h14,16,19,21H,3-13,15,17-18H2,1-2H3/t21-/m1/s1. The van der Waals surface area contributed by atoms with Gasteiger partial charge in [0.25, 0.3) is 0 Å². The van der Waals surface area contributed by atoms with Crippen molar-refractivity contribution in [3.8, 4) is 0 Å². The minimum atomic E-state index is -0.222. The van der Waals surface area contributed by atoms with E-state index in [0.29, 0.717) is 24.0 Å². The summed E-state index contributed by atoms with van der Waals surface area (Å²) in [6, 6.07) is 2.34. The molecule has 1 saturated carbocycles. The number of amides is 1. The molecule has 4 fully saturated rings. The van der Waals surface area contributed by atoms with Crippen molar-refractivity contribution in [1.29, 1.82) is 0 Å². The van der Waals surface area contributed by atoms with Crippen molar-refractivity contribution in [3.05, 3.63) is 23.6 Å². The van der Waals surface area contributed by atoms with Crippen molar-refractivity contribution in [1.82, 2.24) is 19.7 Å². The number of hydrogen-bond acceptors (Lipinski definition) is 6. The molecule has 0 aromatic carbocycles. The minimum absolute atomic E-state index is 0.160. The summed E-state index contributed by atoms with van der Waals surface area (Å²) in [7, 11) is 2.16. The van der Waals surface area contributed by atoms with Gasteiger partial charge in [-0.05, 0) is 71.1 Å². The smallest absolute Gasteiger partial charge is 0.409 e. The molecule has 4 aliphatic rings. The maximum atomic E-state index is 14.1. The second-order valence-corrected chi connectivity index (χ2v) is 10.6. The first kappa shape index (κ1) is 22.8. The summed E-state index contributed by atoms with van der Waals surface area (Å²) in [4.78, 5) is 25.7. The molecule has 1 aromatic rings. The second kappa shape index (κ2) is 9.37. The number of likely N-dealkylation sites (tertiary alicyclic amines) is 2. The lowest BCUT2D eigenvalue weighted by Crippen LogP contribution is -2.58. The van der Waals surface area contributed by atoms with Gasteiger partial charge in [0.1, 0.15) is 11.6 Å². The van der Waals surface area contributed by atoms with Crippen molar-refractivity contribution in [3.63, 3.8) is 0 Å². The summed E-state index contributed by atoms with van der Waals surface area (Å²) >= 11 is 0. The van der Waals surface area contributed by atoms with E-state index in [0.717, 1.165) is 76.6 Å². The number of hydrogen-bond donors (Lipinski definition) is 0. The third-order valence-electron chi connectivity index (χ3n) is 8.41. The van der Waals surface area contributed by atoms with E-state index in [1.165, 1.54) is 25.5 Å². The Morgan fingerprint density at radius 2 is 1.88 bits per heavy atom. The molecule has 1 spiro atoms. The van der Waals surface area contributed by atoms with E-state index in [1.807, 2.05) is 11.8 Å². The SMILES string of the molecule is CCOC(=O)N1CC2(CC[C@@H](N3CCN(c4ncc(F)cc4C4CCN(C)CC4)CC3)C2)C1. The molecule has 33 heavy (non-hydrogen) atoms. The molecule has 1 atom stereocenters. The molecular formula is C25H38FN5O2. The summed E-state index contributed by atoms with van der Waals surface area (Å²) in [6.45, 7) is 10.0. The Labute approximate surface area is 196 Å². The predicted molar refractivity (Wildman–Crippen MR) is 126 cm³/mol. The molecule has 0 unspecified atom stereocenters. The van der Waals surface area contributed by atoms with Crippen LogP contribution in [0.2, 0.25) is 0 Å². The highest BCUT2D eigenvalue weighted by Crippen LogP contribution is 2.47. The van der Waals surface area contributed by atoms with Crippen LogP contribution in [0, 0.1) is 11.2 Å². The van der Waals surface area contributed by atoms with E-state index in [-0.39, 0.29) is 11.9 Å². The van der Waals surface area contributed by atoms with Gasteiger partial charge >= 0.3 is 6.09 Å². The number of carbonyl (C=O) groups is 1. The molecule has 0 bridgehead atoms. The highest BCUT2D eigenvalue weighted by Gasteiger charge is 2.51. The number of rotatable bonds is 4. The van der Waals surface area contributed by atoms with Crippen LogP contribution in [-0.4, -0.2) is 97.8 Å². The first-order chi connectivity index (χ1) is 16.0. The number of anilines is 1. The van der Waals surface area contributed by atoms with Crippen molar-refractivity contribution >= 4 is 11.9 Å². The van der Waals surface area contributed by atoms with E-state index in [4.69, 9.17) is 4.74 Å². The lowest BCUT2D eigenvalue weighted by molar-refractivity contribution is -0.00294. The number of carbonyl (C=O) groups excluding carboxylic acids is 1. The van der Waals surface area contributed by atoms with Crippen molar-refractivity contribution < 1.29 is 13.9 Å². The van der Waals surface area contributed by atoms with Crippen LogP contribution >= 0.6 is 0 Å². The monoisotopic (exact) mass is 459 g/mol. The number of nitrogens with zero attached hydrogens (tertiary/aromatic N) is 5. The first-order valence-corrected chi connectivity index (χ1v) is 12.7. The zero-order valence-electron chi connectivity index (χ0n) is 20.1. The topological polar surface area (TPSA) is 52.2 Å². The average Bonchev–Trinajstić information content (AvgIpc) is 3.25. The fraction of sp³-hybridized carbons (Fsp3) is 0.760. The van der Waals surface area contributed by atoms with Gasteiger partial charge in [-0.15, -0.1) is 0 Å². The lowest BCUT2D eigenvalue weighted by Gasteiger charge is -2.48. The number of piperidine rings is 1. The molecular weight excluding hydrogens is 421 g/mol. The fourth-order valence-electron chi connectivity index (χ4n) is 6.51. The second-order valence-electron chi connectivity index (χ2n) is 10.6. The number of pyridine rings is 1. The number of aromatic nitrogens is 1. The molecule has 182 valence electrons. The van der Waals surface area contributed by atoms with E-state index in [9.17, 15) is 9.18 Å². The molecule has 0 radical (unpaired) electrons. The van der Waals surface area contributed by atoms with Gasteiger partial charge in [0, 0.05) is 56.3 Å². The van der Waals surface area contributed by atoms with Crippen LogP contribution in [0.15, 0.2) is 12.3 Å². The Morgan fingerprint density at radius 3 is 2.58 bits per heavy atom. The Hall–Kier alpha value is -1.93. The normalized spacial score (nSPS) is 26.6. The number of halogens is 1. The van der Waals surface area contributed by atoms with Gasteiger partial charge in [-0.1, -0.05) is 0 Å². The van der Waals surface area contributed by atoms with Crippen molar-refractivity contribution in [2.45, 2.75) is 51.0 Å². The Morgan fingerprint density at radius 1 is 1.15 bits per heavy atom. The van der Waals surface area contributed by atoms with Gasteiger partial charge < -0.3 is 19.4 Å². The molecule has 4 heterocycles. The molecule has 8 heteroatoms. The van der Waals surface area contributed by atoms with Gasteiger partial charge in [0.05, 0.1) is 12.8 Å². The predicted octanol–water partition coefficient (Wildman–Crippen LogP) is 3.16. The maximum absolute atomic E-state index is 14.1. The molecule has 7 nitrogen and oxygen atoms in total. The zero-order valence-corrected chi connectivity index (χ0v) is 20.1. The summed E-state index contributed by atoms with van der Waals surface area (Å²) in [5, 5.41) is 0. The minimum Gasteiger partial charge on any atom is -0.450 e. The van der Waals surface area contributed by atoms with E-state index < -0.39 is 0 Å². The molecule has 1 amide bonds. The van der Waals surface area contributed by atoms with Crippen molar-refractivity contribution in [2.75, 3.05) is 70.9 Å². The van der Waals surface area contributed by atoms with Gasteiger partial charge in [0.2, 0.25) is 0 Å². The van der Waals surface area contributed by atoms with Crippen LogP contribution in [0.25, 0.3) is 0 Å². The van der Waals surface area contributed by atoms with Crippen LogP contribution in [0.4, 0.5) is 15.0 Å². The quantitative estimate of drug-likeness (QED) is 0.690. The van der Waals surface area contributed by atoms with Crippen molar-refractivity contribution in [2.24, 2.45) is 5.41 Å². The van der Waals surface area contributed by atoms with Crippen LogP contribution in [0.1, 0.15) is 50.5 Å². The fourth-order valence-corrected chi connectivity index (χ4v) is 6.51. The lowest BCUT2D eigenvalue weighted by atomic mass is 9.78. The largest absolute Gasteiger partial charge is 0.450 e. The van der Waals surface area contributed by atoms with E-state index in [2.05, 4.69) is 26.7 Å². The third kappa shape index (κ3) is 4.69. The average molecular weight is 460 g/mol. The van der Waals surface area contributed by atoms with Crippen LogP contribution in [0.3, 0.4) is 0 Å². The molecule has 1 aromatic heterocycles. The number of piperazine rings is 1. The highest BCUT2D eigenvalue weighted by molar-refractivity contribution is 5.69. The van der Waals surface area contributed by atoms with Gasteiger partial charge in [-0.2, -0.15) is 0 Å². The van der Waals surface area contributed by atoms with Crippen LogP contribution in [-0.2, 0) is 4.74 Å². The molecule has 3 aliphatic heterocycles. The molecule has 5 rings (SSSR count). The van der Waals surface area contributed by atoms with Gasteiger partial charge in [-0.3, -0.25) is 4.90 Å². The summed E-state index contributed by atoms with van der Waals surface area (Å²) in [6.07, 6.45) is 6.96. The Bertz CT molecular complexity index is 845. The van der Waals surface area contributed by atoms with E-state index >= 15 is 0 Å².